The number of hydrogen-bond donors (Lipinski definition) is 1. The van der Waals surface area contributed by atoms with E-state index >= 15 is 0 Å². The van der Waals surface area contributed by atoms with E-state index in [-0.39, 0.29) is 0 Å². The molecule has 0 radical (unpaired) electrons. The Morgan fingerprint density at radius 2 is 2.06 bits per heavy atom. The molecule has 0 aliphatic carbocycles. The molecule has 1 N–H and O–H groups in total. The van der Waals surface area contributed by atoms with E-state index in [4.69, 9.17) is 5.11 Å². The minimum absolute atomic E-state index is 0.332. The Balaban J connectivity index is 2.00. The summed E-state index contributed by atoms with van der Waals surface area (Å²) in [7, 11) is 0. The van der Waals surface area contributed by atoms with Gasteiger partial charge in [-0.25, -0.2) is 0 Å². The SMILES string of the molecule is Cc1ccc(N2CCC(CCO)CC2)c(Br)c1. The first-order valence-corrected chi connectivity index (χ1v) is 7.12. The molecule has 0 aromatic heterocycles. The molecule has 0 spiro atoms. The molecule has 1 aromatic carbocycles. The van der Waals surface area contributed by atoms with Gasteiger partial charge in [-0.2, -0.15) is 0 Å². The van der Waals surface area contributed by atoms with Crippen LogP contribution in [0.5, 0.6) is 0 Å². The summed E-state index contributed by atoms with van der Waals surface area (Å²) in [6, 6.07) is 6.54. The zero-order valence-corrected chi connectivity index (χ0v) is 11.9. The minimum atomic E-state index is 0.332. The number of halogens is 1. The molecule has 17 heavy (non-hydrogen) atoms. The van der Waals surface area contributed by atoms with Crippen molar-refractivity contribution in [2.45, 2.75) is 26.2 Å². The number of hydrogen-bond acceptors (Lipinski definition) is 2. The van der Waals surface area contributed by atoms with Crippen molar-refractivity contribution in [3.8, 4) is 0 Å². The molecule has 3 heteroatoms. The highest BCUT2D eigenvalue weighted by Crippen LogP contribution is 2.31. The first-order valence-electron chi connectivity index (χ1n) is 6.32. The van der Waals surface area contributed by atoms with Crippen LogP contribution in [-0.4, -0.2) is 24.8 Å². The zero-order chi connectivity index (χ0) is 12.3. The molecular formula is C14H20BrNO. The maximum Gasteiger partial charge on any atom is 0.0510 e. The largest absolute Gasteiger partial charge is 0.396 e. The van der Waals surface area contributed by atoms with Gasteiger partial charge in [0, 0.05) is 24.2 Å². The van der Waals surface area contributed by atoms with Crippen LogP contribution in [0.25, 0.3) is 0 Å². The standard InChI is InChI=1S/C14H20BrNO/c1-11-2-3-14(13(15)10-11)16-7-4-12(5-8-16)6-9-17/h2-3,10,12,17H,4-9H2,1H3. The number of aryl methyl sites for hydroxylation is 1. The molecule has 1 fully saturated rings. The maximum atomic E-state index is 8.95. The summed E-state index contributed by atoms with van der Waals surface area (Å²) in [5, 5.41) is 8.95. The second-order valence-electron chi connectivity index (χ2n) is 4.90. The third kappa shape index (κ3) is 3.23. The van der Waals surface area contributed by atoms with E-state index in [1.165, 1.54) is 28.6 Å². The molecule has 1 saturated heterocycles. The topological polar surface area (TPSA) is 23.5 Å². The van der Waals surface area contributed by atoms with Crippen molar-refractivity contribution in [2.24, 2.45) is 5.92 Å². The van der Waals surface area contributed by atoms with Gasteiger partial charge >= 0.3 is 0 Å². The van der Waals surface area contributed by atoms with Crippen molar-refractivity contribution in [1.29, 1.82) is 0 Å². The predicted molar refractivity (Wildman–Crippen MR) is 75.5 cm³/mol. The molecule has 94 valence electrons. The van der Waals surface area contributed by atoms with Gasteiger partial charge in [-0.1, -0.05) is 6.07 Å². The highest BCUT2D eigenvalue weighted by atomic mass is 79.9. The van der Waals surface area contributed by atoms with Gasteiger partial charge in [0.15, 0.2) is 0 Å². The Hall–Kier alpha value is -0.540. The van der Waals surface area contributed by atoms with Gasteiger partial charge < -0.3 is 10.0 Å². The van der Waals surface area contributed by atoms with Gasteiger partial charge in [-0.3, -0.25) is 0 Å². The zero-order valence-electron chi connectivity index (χ0n) is 10.3. The van der Waals surface area contributed by atoms with E-state index in [1.54, 1.807) is 0 Å². The second kappa shape index (κ2) is 5.87. The Bertz CT molecular complexity index is 372. The Labute approximate surface area is 112 Å². The fourth-order valence-electron chi connectivity index (χ4n) is 2.51. The maximum absolute atomic E-state index is 8.95. The van der Waals surface area contributed by atoms with Crippen molar-refractivity contribution in [3.63, 3.8) is 0 Å². The van der Waals surface area contributed by atoms with Gasteiger partial charge in [-0.15, -0.1) is 0 Å². The van der Waals surface area contributed by atoms with E-state index in [2.05, 4.69) is 46.0 Å². The van der Waals surface area contributed by atoms with Gasteiger partial charge in [0.2, 0.25) is 0 Å². The van der Waals surface area contributed by atoms with Crippen molar-refractivity contribution in [1.82, 2.24) is 0 Å². The van der Waals surface area contributed by atoms with Gasteiger partial charge in [-0.05, 0) is 65.7 Å². The smallest absolute Gasteiger partial charge is 0.0510 e. The van der Waals surface area contributed by atoms with Crippen molar-refractivity contribution >= 4 is 21.6 Å². The lowest BCUT2D eigenvalue weighted by Crippen LogP contribution is -2.34. The normalized spacial score (nSPS) is 17.5. The first kappa shape index (κ1) is 12.9. The molecule has 1 aliphatic heterocycles. The molecule has 0 amide bonds. The lowest BCUT2D eigenvalue weighted by molar-refractivity contribution is 0.240. The van der Waals surface area contributed by atoms with Crippen molar-refractivity contribution in [3.05, 3.63) is 28.2 Å². The highest BCUT2D eigenvalue weighted by Gasteiger charge is 2.20. The number of nitrogens with zero attached hydrogens (tertiary/aromatic N) is 1. The molecule has 1 aromatic rings. The van der Waals surface area contributed by atoms with Crippen LogP contribution in [-0.2, 0) is 0 Å². The summed E-state index contributed by atoms with van der Waals surface area (Å²) in [6.07, 6.45) is 3.35. The Kier molecular flexibility index (Phi) is 4.46. The number of rotatable bonds is 3. The van der Waals surface area contributed by atoms with E-state index in [0.29, 0.717) is 12.5 Å². The molecule has 2 rings (SSSR count). The molecule has 0 unspecified atom stereocenters. The highest BCUT2D eigenvalue weighted by molar-refractivity contribution is 9.10. The van der Waals surface area contributed by atoms with Crippen LogP contribution in [0.15, 0.2) is 22.7 Å². The number of piperidine rings is 1. The third-order valence-corrected chi connectivity index (χ3v) is 4.23. The molecule has 0 saturated carbocycles. The average Bonchev–Trinajstić information content (AvgIpc) is 2.31. The Morgan fingerprint density at radius 3 is 2.65 bits per heavy atom. The number of aliphatic hydroxyl groups excluding tert-OH is 1. The van der Waals surface area contributed by atoms with Crippen LogP contribution in [0, 0.1) is 12.8 Å². The fraction of sp³-hybridized carbons (Fsp3) is 0.571. The summed E-state index contributed by atoms with van der Waals surface area (Å²) in [4.78, 5) is 2.44. The summed E-state index contributed by atoms with van der Waals surface area (Å²) in [5.41, 5.74) is 2.59. The monoisotopic (exact) mass is 297 g/mol. The van der Waals surface area contributed by atoms with Crippen LogP contribution in [0.1, 0.15) is 24.8 Å². The minimum Gasteiger partial charge on any atom is -0.396 e. The van der Waals surface area contributed by atoms with E-state index in [9.17, 15) is 0 Å². The molecular weight excluding hydrogens is 278 g/mol. The Morgan fingerprint density at radius 1 is 1.35 bits per heavy atom. The molecule has 1 aliphatic rings. The van der Waals surface area contributed by atoms with Crippen LogP contribution in [0.2, 0.25) is 0 Å². The number of aliphatic hydroxyl groups is 1. The van der Waals surface area contributed by atoms with E-state index in [1.807, 2.05) is 0 Å². The molecule has 0 atom stereocenters. The van der Waals surface area contributed by atoms with Crippen LogP contribution in [0.3, 0.4) is 0 Å². The molecule has 1 heterocycles. The molecule has 2 nitrogen and oxygen atoms in total. The quantitative estimate of drug-likeness (QED) is 0.925. The van der Waals surface area contributed by atoms with Gasteiger partial charge in [0.25, 0.3) is 0 Å². The summed E-state index contributed by atoms with van der Waals surface area (Å²) in [6.45, 7) is 4.65. The summed E-state index contributed by atoms with van der Waals surface area (Å²) in [5.74, 6) is 0.709. The second-order valence-corrected chi connectivity index (χ2v) is 5.75. The van der Waals surface area contributed by atoms with Crippen LogP contribution < -0.4 is 4.90 Å². The van der Waals surface area contributed by atoms with Crippen LogP contribution in [0.4, 0.5) is 5.69 Å². The van der Waals surface area contributed by atoms with E-state index in [0.717, 1.165) is 19.5 Å². The summed E-state index contributed by atoms with van der Waals surface area (Å²) < 4.78 is 1.19. The first-order chi connectivity index (χ1) is 8.20. The van der Waals surface area contributed by atoms with Gasteiger partial charge in [0.1, 0.15) is 0 Å². The van der Waals surface area contributed by atoms with E-state index < -0.39 is 0 Å². The van der Waals surface area contributed by atoms with Crippen molar-refractivity contribution < 1.29 is 5.11 Å². The lowest BCUT2D eigenvalue weighted by atomic mass is 9.93. The number of anilines is 1. The van der Waals surface area contributed by atoms with Crippen molar-refractivity contribution in [2.75, 3.05) is 24.6 Å². The average molecular weight is 298 g/mol. The number of benzene rings is 1. The van der Waals surface area contributed by atoms with Gasteiger partial charge in [0.05, 0.1) is 5.69 Å². The molecule has 0 bridgehead atoms. The summed E-state index contributed by atoms with van der Waals surface area (Å²) >= 11 is 3.65. The van der Waals surface area contributed by atoms with Crippen LogP contribution >= 0.6 is 15.9 Å². The third-order valence-electron chi connectivity index (χ3n) is 3.60. The fourth-order valence-corrected chi connectivity index (χ4v) is 3.26. The predicted octanol–water partition coefficient (Wildman–Crippen LogP) is 3.36. The lowest BCUT2D eigenvalue weighted by Gasteiger charge is -2.34.